The van der Waals surface area contributed by atoms with Gasteiger partial charge in [-0.05, 0) is 49.6 Å². The van der Waals surface area contributed by atoms with E-state index in [0.717, 1.165) is 65.2 Å². The molecule has 0 aliphatic carbocycles. The van der Waals surface area contributed by atoms with Gasteiger partial charge in [0.1, 0.15) is 5.82 Å². The summed E-state index contributed by atoms with van der Waals surface area (Å²) >= 11 is 0. The Morgan fingerprint density at radius 2 is 2.07 bits per heavy atom. The Hall–Kier alpha value is -3.13. The van der Waals surface area contributed by atoms with Crippen molar-refractivity contribution in [3.63, 3.8) is 0 Å². The van der Waals surface area contributed by atoms with Crippen LogP contribution in [-0.4, -0.2) is 44.1 Å². The molecule has 0 spiro atoms. The fourth-order valence-electron chi connectivity index (χ4n) is 3.68. The van der Waals surface area contributed by atoms with Gasteiger partial charge >= 0.3 is 0 Å². The van der Waals surface area contributed by atoms with Gasteiger partial charge in [0, 0.05) is 35.9 Å². The highest BCUT2D eigenvalue weighted by Crippen LogP contribution is 2.32. The van der Waals surface area contributed by atoms with Crippen LogP contribution in [0.3, 0.4) is 0 Å². The number of aromatic amines is 1. The van der Waals surface area contributed by atoms with Crippen molar-refractivity contribution in [2.75, 3.05) is 24.3 Å². The normalized spacial score (nSPS) is 15.6. The molecule has 0 amide bonds. The molecular formula is C19H21N7O. The number of rotatable bonds is 3. The Balaban J connectivity index is 1.67. The molecule has 0 unspecified atom stereocenters. The number of benzene rings is 1. The summed E-state index contributed by atoms with van der Waals surface area (Å²) in [6.07, 6.45) is 1.92. The van der Waals surface area contributed by atoms with Gasteiger partial charge in [0.05, 0.1) is 5.52 Å². The first-order valence-electron chi connectivity index (χ1n) is 9.14. The summed E-state index contributed by atoms with van der Waals surface area (Å²) in [4.78, 5) is 4.31. The van der Waals surface area contributed by atoms with E-state index < -0.39 is 0 Å². The number of nitrogens with two attached hydrogens (primary N) is 1. The van der Waals surface area contributed by atoms with E-state index >= 15 is 0 Å². The number of aryl methyl sites for hydroxylation is 1. The van der Waals surface area contributed by atoms with E-state index in [4.69, 9.17) is 10.5 Å². The lowest BCUT2D eigenvalue weighted by atomic mass is 10.0. The quantitative estimate of drug-likeness (QED) is 0.517. The molecule has 27 heavy (non-hydrogen) atoms. The minimum Gasteiger partial charge on any atom is -0.381 e. The van der Waals surface area contributed by atoms with Gasteiger partial charge in [0.2, 0.25) is 5.95 Å². The number of pyridine rings is 1. The second-order valence-corrected chi connectivity index (χ2v) is 6.95. The maximum Gasteiger partial charge on any atom is 0.240 e. The van der Waals surface area contributed by atoms with E-state index in [9.17, 15) is 0 Å². The van der Waals surface area contributed by atoms with Crippen LogP contribution < -0.4 is 11.1 Å². The van der Waals surface area contributed by atoms with Crippen LogP contribution in [0.4, 0.5) is 11.8 Å². The Bertz CT molecular complexity index is 1120. The van der Waals surface area contributed by atoms with Crippen LogP contribution in [-0.2, 0) is 4.74 Å². The van der Waals surface area contributed by atoms with Gasteiger partial charge in [0.25, 0.3) is 0 Å². The number of nitrogen functional groups attached to an aromatic ring is 1. The van der Waals surface area contributed by atoms with Crippen LogP contribution in [0.1, 0.15) is 18.5 Å². The minimum atomic E-state index is 0.267. The lowest BCUT2D eigenvalue weighted by molar-refractivity contribution is 0.0903. The third-order valence-electron chi connectivity index (χ3n) is 5.13. The average Bonchev–Trinajstić information content (AvgIpc) is 3.25. The number of nitrogens with zero attached hydrogens (tertiary/aromatic N) is 4. The Morgan fingerprint density at radius 1 is 1.22 bits per heavy atom. The predicted molar refractivity (Wildman–Crippen MR) is 105 cm³/mol. The number of hydrogen-bond acceptors (Lipinski definition) is 6. The summed E-state index contributed by atoms with van der Waals surface area (Å²) < 4.78 is 7.29. The van der Waals surface area contributed by atoms with Gasteiger partial charge in [-0.25, -0.2) is 0 Å². The molecule has 138 valence electrons. The largest absolute Gasteiger partial charge is 0.381 e. The second kappa shape index (κ2) is 6.24. The van der Waals surface area contributed by atoms with Crippen LogP contribution in [0, 0.1) is 6.92 Å². The third-order valence-corrected chi connectivity index (χ3v) is 5.13. The molecule has 5 rings (SSSR count). The number of ether oxygens (including phenoxy) is 1. The molecule has 1 aliphatic rings. The first-order chi connectivity index (χ1) is 13.2. The summed E-state index contributed by atoms with van der Waals surface area (Å²) in [6.45, 7) is 3.56. The first-order valence-corrected chi connectivity index (χ1v) is 9.14. The zero-order chi connectivity index (χ0) is 18.4. The first kappa shape index (κ1) is 16.1. The molecule has 0 atom stereocenters. The van der Waals surface area contributed by atoms with Crippen molar-refractivity contribution in [2.45, 2.75) is 25.8 Å². The topological polar surface area (TPSA) is 106 Å². The van der Waals surface area contributed by atoms with Crippen molar-refractivity contribution >= 4 is 28.3 Å². The van der Waals surface area contributed by atoms with Gasteiger partial charge in [-0.3, -0.25) is 5.10 Å². The number of aromatic nitrogens is 5. The molecule has 8 nitrogen and oxygen atoms in total. The van der Waals surface area contributed by atoms with Crippen LogP contribution in [0.5, 0.6) is 0 Å². The molecule has 1 fully saturated rings. The Labute approximate surface area is 155 Å². The Morgan fingerprint density at radius 3 is 2.93 bits per heavy atom. The van der Waals surface area contributed by atoms with Crippen molar-refractivity contribution in [3.05, 3.63) is 36.0 Å². The summed E-state index contributed by atoms with van der Waals surface area (Å²) in [5.74, 6) is 1.17. The average molecular weight is 363 g/mol. The molecular weight excluding hydrogens is 342 g/mol. The highest BCUT2D eigenvalue weighted by Gasteiger charge is 2.19. The predicted octanol–water partition coefficient (Wildman–Crippen LogP) is 2.75. The van der Waals surface area contributed by atoms with Crippen molar-refractivity contribution in [2.24, 2.45) is 0 Å². The summed E-state index contributed by atoms with van der Waals surface area (Å²) in [5, 5.41) is 16.6. The van der Waals surface area contributed by atoms with Gasteiger partial charge < -0.3 is 15.8 Å². The lowest BCUT2D eigenvalue weighted by Gasteiger charge is -2.25. The molecule has 4 aromatic rings. The molecule has 4 heterocycles. The van der Waals surface area contributed by atoms with Crippen molar-refractivity contribution in [3.8, 4) is 11.1 Å². The van der Waals surface area contributed by atoms with E-state index in [1.54, 1.807) is 4.52 Å². The monoisotopic (exact) mass is 363 g/mol. The fourth-order valence-corrected chi connectivity index (χ4v) is 3.68. The maximum absolute atomic E-state index is 5.86. The standard InChI is InChI=1S/C19H21N7O/c1-11-15-10-12(2-4-16(15)24-23-11)14-3-5-17-22-19(20)25-26(17)18(14)21-13-6-8-27-9-7-13/h2-5,10,13,21H,6-9H2,1H3,(H2,20,25)(H,23,24). The van der Waals surface area contributed by atoms with Crippen LogP contribution in [0.2, 0.25) is 0 Å². The number of nitrogens with one attached hydrogen (secondary N) is 2. The van der Waals surface area contributed by atoms with E-state index in [2.05, 4.69) is 43.8 Å². The molecule has 1 aliphatic heterocycles. The lowest BCUT2D eigenvalue weighted by Crippen LogP contribution is -2.29. The number of anilines is 2. The van der Waals surface area contributed by atoms with Gasteiger partial charge in [-0.15, -0.1) is 5.10 Å². The Kier molecular flexibility index (Phi) is 3.71. The van der Waals surface area contributed by atoms with E-state index in [-0.39, 0.29) is 5.95 Å². The molecule has 1 saturated heterocycles. The molecule has 8 heteroatoms. The number of H-pyrrole nitrogens is 1. The highest BCUT2D eigenvalue weighted by molar-refractivity contribution is 5.89. The second-order valence-electron chi connectivity index (χ2n) is 6.95. The molecule has 0 saturated carbocycles. The summed E-state index contributed by atoms with van der Waals surface area (Å²) in [6, 6.07) is 10.6. The van der Waals surface area contributed by atoms with E-state index in [1.165, 1.54) is 0 Å². The number of hydrogen-bond donors (Lipinski definition) is 3. The van der Waals surface area contributed by atoms with Crippen molar-refractivity contribution in [1.82, 2.24) is 24.8 Å². The molecule has 0 bridgehead atoms. The zero-order valence-electron chi connectivity index (χ0n) is 15.1. The smallest absolute Gasteiger partial charge is 0.240 e. The zero-order valence-corrected chi connectivity index (χ0v) is 15.1. The van der Waals surface area contributed by atoms with Crippen molar-refractivity contribution in [1.29, 1.82) is 0 Å². The molecule has 1 aromatic carbocycles. The van der Waals surface area contributed by atoms with Crippen LogP contribution >= 0.6 is 0 Å². The molecule has 4 N–H and O–H groups in total. The van der Waals surface area contributed by atoms with E-state index in [0.29, 0.717) is 6.04 Å². The number of fused-ring (bicyclic) bond motifs is 2. The van der Waals surface area contributed by atoms with Gasteiger partial charge in [-0.1, -0.05) is 6.07 Å². The van der Waals surface area contributed by atoms with Crippen LogP contribution in [0.15, 0.2) is 30.3 Å². The van der Waals surface area contributed by atoms with Gasteiger partial charge in [0.15, 0.2) is 5.65 Å². The molecule has 0 radical (unpaired) electrons. The minimum absolute atomic E-state index is 0.267. The summed E-state index contributed by atoms with van der Waals surface area (Å²) in [7, 11) is 0. The van der Waals surface area contributed by atoms with Crippen LogP contribution in [0.25, 0.3) is 27.7 Å². The highest BCUT2D eigenvalue weighted by atomic mass is 16.5. The third kappa shape index (κ3) is 2.78. The molecule has 3 aromatic heterocycles. The summed E-state index contributed by atoms with van der Waals surface area (Å²) in [5.41, 5.74) is 10.8. The maximum atomic E-state index is 5.86. The SMILES string of the molecule is Cc1[nH]nc2ccc(-c3ccc4nc(N)nn4c3NC3CCOCC3)cc12. The van der Waals surface area contributed by atoms with E-state index in [1.807, 2.05) is 19.1 Å². The van der Waals surface area contributed by atoms with Crippen molar-refractivity contribution < 1.29 is 4.74 Å². The fraction of sp³-hybridized carbons (Fsp3) is 0.316. The van der Waals surface area contributed by atoms with Gasteiger partial charge in [-0.2, -0.15) is 14.6 Å².